The Morgan fingerprint density at radius 1 is 1.58 bits per heavy atom. The summed E-state index contributed by atoms with van der Waals surface area (Å²) in [4.78, 5) is 17.7. The molecule has 0 atom stereocenters. The molecule has 4 nitrogen and oxygen atoms in total. The third kappa shape index (κ3) is 3.46. The van der Waals surface area contributed by atoms with Gasteiger partial charge in [-0.1, -0.05) is 11.6 Å². The van der Waals surface area contributed by atoms with E-state index in [1.807, 2.05) is 11.4 Å². The third-order valence-corrected chi connectivity index (χ3v) is 4.35. The number of aromatic nitrogens is 1. The maximum Gasteiger partial charge on any atom is 0.255 e. The first-order chi connectivity index (χ1) is 8.97. The van der Waals surface area contributed by atoms with Gasteiger partial charge >= 0.3 is 0 Å². The van der Waals surface area contributed by atoms with Gasteiger partial charge in [-0.05, 0) is 39.0 Å². The Morgan fingerprint density at radius 2 is 2.32 bits per heavy atom. The molecule has 2 aromatic heterocycles. The van der Waals surface area contributed by atoms with Crippen molar-refractivity contribution in [2.75, 3.05) is 12.8 Å². The van der Waals surface area contributed by atoms with Crippen molar-refractivity contribution in [3.05, 3.63) is 43.6 Å². The Labute approximate surface area is 128 Å². The predicted octanol–water partition coefficient (Wildman–Crippen LogP) is 3.41. The Morgan fingerprint density at radius 3 is 2.95 bits per heavy atom. The first-order valence-electron chi connectivity index (χ1n) is 5.37. The zero-order valence-corrected chi connectivity index (χ0v) is 13.2. The molecule has 19 heavy (non-hydrogen) atoms. The molecule has 2 rings (SSSR count). The fourth-order valence-corrected chi connectivity index (χ4v) is 2.98. The number of nitrogens with zero attached hydrogens (tertiary/aromatic N) is 2. The topological polar surface area (TPSA) is 59.2 Å². The summed E-state index contributed by atoms with van der Waals surface area (Å²) in [6.45, 7) is 0.513. The smallest absolute Gasteiger partial charge is 0.255 e. The summed E-state index contributed by atoms with van der Waals surface area (Å²) < 4.78 is 1.04. The minimum atomic E-state index is -0.179. The predicted molar refractivity (Wildman–Crippen MR) is 81.5 cm³/mol. The highest BCUT2D eigenvalue weighted by atomic mass is 79.9. The van der Waals surface area contributed by atoms with Gasteiger partial charge in [0.1, 0.15) is 5.82 Å². The van der Waals surface area contributed by atoms with Gasteiger partial charge in [0, 0.05) is 19.8 Å². The lowest BCUT2D eigenvalue weighted by molar-refractivity contribution is 0.0785. The Bertz CT molecular complexity index is 617. The van der Waals surface area contributed by atoms with Crippen molar-refractivity contribution in [2.45, 2.75) is 6.54 Å². The number of carbonyl (C=O) groups excluding carboxylic acids is 1. The summed E-state index contributed by atoms with van der Waals surface area (Å²) in [5, 5.41) is 2.30. The third-order valence-electron chi connectivity index (χ3n) is 2.50. The first-order valence-corrected chi connectivity index (χ1v) is 7.42. The summed E-state index contributed by atoms with van der Waals surface area (Å²) in [5.41, 5.74) is 7.00. The molecular weight excluding hydrogens is 350 g/mol. The molecule has 100 valence electrons. The van der Waals surface area contributed by atoms with Gasteiger partial charge in [0.2, 0.25) is 0 Å². The summed E-state index contributed by atoms with van der Waals surface area (Å²) in [6.07, 6.45) is 1.39. The van der Waals surface area contributed by atoms with Crippen LogP contribution in [0.3, 0.4) is 0 Å². The van der Waals surface area contributed by atoms with E-state index in [2.05, 4.69) is 20.9 Å². The lowest BCUT2D eigenvalue weighted by Crippen LogP contribution is -2.26. The lowest BCUT2D eigenvalue weighted by Gasteiger charge is -2.17. The van der Waals surface area contributed by atoms with Gasteiger partial charge < -0.3 is 10.6 Å². The number of anilines is 1. The molecule has 2 heterocycles. The van der Waals surface area contributed by atoms with E-state index in [9.17, 15) is 4.79 Å². The molecule has 0 aliphatic carbocycles. The fourth-order valence-electron chi connectivity index (χ4n) is 1.60. The van der Waals surface area contributed by atoms with Crippen LogP contribution in [0.1, 0.15) is 15.9 Å². The largest absolute Gasteiger partial charge is 0.384 e. The van der Waals surface area contributed by atoms with Gasteiger partial charge in [0.15, 0.2) is 0 Å². The number of amides is 1. The number of nitrogen functional groups attached to an aromatic ring is 1. The number of halogens is 2. The molecule has 0 fully saturated rings. The molecule has 1 amide bonds. The summed E-state index contributed by atoms with van der Waals surface area (Å²) in [7, 11) is 1.72. The monoisotopic (exact) mass is 359 g/mol. The first kappa shape index (κ1) is 14.3. The Hall–Kier alpha value is -1.11. The fraction of sp³-hybridized carbons (Fsp3) is 0.167. The van der Waals surface area contributed by atoms with Gasteiger partial charge in [0.25, 0.3) is 5.91 Å². The molecule has 0 saturated heterocycles. The zero-order chi connectivity index (χ0) is 14.0. The van der Waals surface area contributed by atoms with Crippen LogP contribution in [-0.2, 0) is 6.54 Å². The molecule has 0 saturated carbocycles. The Kier molecular flexibility index (Phi) is 4.44. The standard InChI is InChI=1S/C12H11BrClN3OS/c1-17(5-7-2-10(13)19-6-7)12(18)8-3-11(15)16-4-9(8)14/h2-4,6H,5H2,1H3,(H2,15,16). The minimum absolute atomic E-state index is 0.179. The second-order valence-electron chi connectivity index (χ2n) is 4.01. The van der Waals surface area contributed by atoms with E-state index in [1.165, 1.54) is 12.3 Å². The van der Waals surface area contributed by atoms with Gasteiger partial charge in [-0.15, -0.1) is 11.3 Å². The van der Waals surface area contributed by atoms with Gasteiger partial charge in [-0.3, -0.25) is 4.79 Å². The molecule has 0 aliphatic rings. The lowest BCUT2D eigenvalue weighted by atomic mass is 10.2. The van der Waals surface area contributed by atoms with Crippen molar-refractivity contribution in [3.63, 3.8) is 0 Å². The van der Waals surface area contributed by atoms with Crippen molar-refractivity contribution in [2.24, 2.45) is 0 Å². The van der Waals surface area contributed by atoms with Crippen LogP contribution in [0.2, 0.25) is 5.02 Å². The molecule has 0 spiro atoms. The van der Waals surface area contributed by atoms with E-state index in [-0.39, 0.29) is 11.7 Å². The number of thiophene rings is 1. The second kappa shape index (κ2) is 5.90. The van der Waals surface area contributed by atoms with E-state index >= 15 is 0 Å². The molecule has 0 radical (unpaired) electrons. The second-order valence-corrected chi connectivity index (χ2v) is 6.71. The van der Waals surface area contributed by atoms with Crippen LogP contribution in [0.15, 0.2) is 27.5 Å². The maximum absolute atomic E-state index is 12.3. The summed E-state index contributed by atoms with van der Waals surface area (Å²) in [5.74, 6) is 0.0980. The van der Waals surface area contributed by atoms with E-state index < -0.39 is 0 Å². The zero-order valence-electron chi connectivity index (χ0n) is 10.1. The highest BCUT2D eigenvalue weighted by Crippen LogP contribution is 2.23. The average molecular weight is 361 g/mol. The SMILES string of the molecule is CN(Cc1csc(Br)c1)C(=O)c1cc(N)ncc1Cl. The molecule has 7 heteroatoms. The molecule has 0 bridgehead atoms. The summed E-state index contributed by atoms with van der Waals surface area (Å²) >= 11 is 10.9. The van der Waals surface area contributed by atoms with Crippen LogP contribution >= 0.6 is 38.9 Å². The Balaban J connectivity index is 2.16. The molecule has 2 aromatic rings. The minimum Gasteiger partial charge on any atom is -0.384 e. The van der Waals surface area contributed by atoms with Crippen LogP contribution < -0.4 is 5.73 Å². The van der Waals surface area contributed by atoms with E-state index in [0.29, 0.717) is 17.1 Å². The van der Waals surface area contributed by atoms with Gasteiger partial charge in [-0.2, -0.15) is 0 Å². The van der Waals surface area contributed by atoms with Crippen molar-refractivity contribution < 1.29 is 4.79 Å². The highest BCUT2D eigenvalue weighted by molar-refractivity contribution is 9.11. The van der Waals surface area contributed by atoms with Crippen LogP contribution in [0.4, 0.5) is 5.82 Å². The van der Waals surface area contributed by atoms with Crippen molar-refractivity contribution in [3.8, 4) is 0 Å². The molecular formula is C12H11BrClN3OS. The maximum atomic E-state index is 12.3. The van der Waals surface area contributed by atoms with Crippen molar-refractivity contribution in [1.29, 1.82) is 0 Å². The number of hydrogen-bond acceptors (Lipinski definition) is 4. The van der Waals surface area contributed by atoms with E-state index in [0.717, 1.165) is 9.35 Å². The van der Waals surface area contributed by atoms with Crippen molar-refractivity contribution >= 4 is 50.6 Å². The summed E-state index contributed by atoms with van der Waals surface area (Å²) in [6, 6.07) is 3.47. The molecule has 0 aliphatic heterocycles. The number of carbonyl (C=O) groups is 1. The number of hydrogen-bond donors (Lipinski definition) is 1. The molecule has 0 unspecified atom stereocenters. The van der Waals surface area contributed by atoms with E-state index in [1.54, 1.807) is 23.3 Å². The van der Waals surface area contributed by atoms with Crippen LogP contribution in [0, 0.1) is 0 Å². The van der Waals surface area contributed by atoms with Crippen LogP contribution in [0.25, 0.3) is 0 Å². The van der Waals surface area contributed by atoms with Crippen LogP contribution in [-0.4, -0.2) is 22.8 Å². The molecule has 2 N–H and O–H groups in total. The average Bonchev–Trinajstić information content (AvgIpc) is 2.77. The van der Waals surface area contributed by atoms with Gasteiger partial charge in [-0.25, -0.2) is 4.98 Å². The molecule has 0 aromatic carbocycles. The number of rotatable bonds is 3. The highest BCUT2D eigenvalue weighted by Gasteiger charge is 2.16. The number of nitrogens with two attached hydrogens (primary N) is 1. The van der Waals surface area contributed by atoms with Crippen LogP contribution in [0.5, 0.6) is 0 Å². The number of pyridine rings is 1. The van der Waals surface area contributed by atoms with E-state index in [4.69, 9.17) is 17.3 Å². The normalized spacial score (nSPS) is 10.5. The van der Waals surface area contributed by atoms with Crippen molar-refractivity contribution in [1.82, 2.24) is 9.88 Å². The quantitative estimate of drug-likeness (QED) is 0.912. The van der Waals surface area contributed by atoms with Gasteiger partial charge in [0.05, 0.1) is 14.4 Å².